The normalized spacial score (nSPS) is 22.8. The van der Waals surface area contributed by atoms with Crippen molar-refractivity contribution in [1.82, 2.24) is 9.97 Å². The quantitative estimate of drug-likeness (QED) is 0.634. The van der Waals surface area contributed by atoms with Crippen LogP contribution < -0.4 is 4.90 Å². The number of nitrogens with zero attached hydrogens (tertiary/aromatic N) is 3. The van der Waals surface area contributed by atoms with E-state index in [1.165, 1.54) is 0 Å². The highest BCUT2D eigenvalue weighted by Gasteiger charge is 2.30. The molecule has 2 saturated heterocycles. The smallest absolute Gasteiger partial charge is 0.225 e. The van der Waals surface area contributed by atoms with Gasteiger partial charge in [0.2, 0.25) is 5.95 Å². The van der Waals surface area contributed by atoms with E-state index in [1.54, 1.807) is 12.4 Å². The largest absolute Gasteiger partial charge is 0.348 e. The lowest BCUT2D eigenvalue weighted by Gasteiger charge is -2.35. The first-order valence-corrected chi connectivity index (χ1v) is 12.6. The van der Waals surface area contributed by atoms with Crippen LogP contribution in [0.25, 0.3) is 0 Å². The molecular formula is C21H24ClF2N3O4S. The first-order chi connectivity index (χ1) is 15.2. The first kappa shape index (κ1) is 23.3. The van der Waals surface area contributed by atoms with Crippen LogP contribution in [0.2, 0.25) is 5.02 Å². The van der Waals surface area contributed by atoms with E-state index >= 15 is 0 Å². The fraction of sp³-hybridized carbons (Fsp3) is 0.524. The van der Waals surface area contributed by atoms with Crippen molar-refractivity contribution >= 4 is 27.4 Å². The van der Waals surface area contributed by atoms with Crippen LogP contribution in [-0.4, -0.2) is 50.9 Å². The molecule has 11 heteroatoms. The lowest BCUT2D eigenvalue weighted by molar-refractivity contribution is -0.207. The monoisotopic (exact) mass is 487 g/mol. The van der Waals surface area contributed by atoms with Crippen molar-refractivity contribution in [3.05, 3.63) is 46.7 Å². The summed E-state index contributed by atoms with van der Waals surface area (Å²) in [5, 5.41) is 0.510. The van der Waals surface area contributed by atoms with E-state index in [2.05, 4.69) is 14.9 Å². The lowest BCUT2D eigenvalue weighted by Crippen LogP contribution is -2.37. The summed E-state index contributed by atoms with van der Waals surface area (Å²) in [5.74, 6) is -0.918. The summed E-state index contributed by atoms with van der Waals surface area (Å²) in [4.78, 5) is 9.73. The Morgan fingerprint density at radius 2 is 1.62 bits per heavy atom. The summed E-state index contributed by atoms with van der Waals surface area (Å²) in [6, 6.07) is 1.91. The molecule has 1 aromatic heterocycles. The molecule has 7 nitrogen and oxygen atoms in total. The Balaban J connectivity index is 1.28. The van der Waals surface area contributed by atoms with Crippen LogP contribution in [0.4, 0.5) is 14.7 Å². The molecule has 0 bridgehead atoms. The number of piperidine rings is 1. The third kappa shape index (κ3) is 5.36. The Bertz CT molecular complexity index is 1030. The SMILES string of the molecule is CS(=O)(=O)c1c(F)cc(C2OCC(CC3CCN(c4ncc(Cl)cn4)CC3)CO2)cc1F. The van der Waals surface area contributed by atoms with Gasteiger partial charge in [0.05, 0.1) is 30.6 Å². The minimum Gasteiger partial charge on any atom is -0.348 e. The average Bonchev–Trinajstić information content (AvgIpc) is 2.74. The van der Waals surface area contributed by atoms with Gasteiger partial charge in [-0.25, -0.2) is 27.2 Å². The topological polar surface area (TPSA) is 81.6 Å². The fourth-order valence-corrected chi connectivity index (χ4v) is 5.17. The molecule has 2 aliphatic rings. The van der Waals surface area contributed by atoms with Crippen LogP contribution in [0.15, 0.2) is 29.4 Å². The van der Waals surface area contributed by atoms with Gasteiger partial charge in [0.15, 0.2) is 16.1 Å². The maximum atomic E-state index is 14.2. The van der Waals surface area contributed by atoms with Gasteiger partial charge in [-0.05, 0) is 37.3 Å². The summed E-state index contributed by atoms with van der Waals surface area (Å²) in [5.41, 5.74) is 0.127. The molecule has 1 aromatic carbocycles. The number of hydrogen-bond donors (Lipinski definition) is 0. The van der Waals surface area contributed by atoms with Crippen molar-refractivity contribution in [1.29, 1.82) is 0 Å². The van der Waals surface area contributed by atoms with Crippen LogP contribution in [0.1, 0.15) is 31.1 Å². The van der Waals surface area contributed by atoms with Crippen LogP contribution in [-0.2, 0) is 19.3 Å². The highest BCUT2D eigenvalue weighted by Crippen LogP contribution is 2.33. The molecule has 0 radical (unpaired) electrons. The molecule has 0 spiro atoms. The molecule has 174 valence electrons. The van der Waals surface area contributed by atoms with Gasteiger partial charge >= 0.3 is 0 Å². The van der Waals surface area contributed by atoms with Gasteiger partial charge in [-0.15, -0.1) is 0 Å². The lowest BCUT2D eigenvalue weighted by atomic mass is 9.87. The van der Waals surface area contributed by atoms with Crippen molar-refractivity contribution in [2.24, 2.45) is 11.8 Å². The second-order valence-corrected chi connectivity index (χ2v) is 10.7. The van der Waals surface area contributed by atoms with Crippen LogP contribution in [0.5, 0.6) is 0 Å². The minimum atomic E-state index is -4.01. The number of rotatable bonds is 5. The number of sulfone groups is 1. The maximum Gasteiger partial charge on any atom is 0.225 e. The standard InChI is InChI=1S/C21H24ClF2N3O4S/c1-32(28,29)19-17(23)7-15(8-18(19)24)20-30-11-14(12-31-20)6-13-2-4-27(5-3-13)21-25-9-16(22)10-26-21/h7-10,13-14,20H,2-6,11-12H2,1H3. The minimum absolute atomic E-state index is 0.127. The van der Waals surface area contributed by atoms with Crippen molar-refractivity contribution in [2.45, 2.75) is 30.4 Å². The van der Waals surface area contributed by atoms with E-state index < -0.39 is 32.7 Å². The number of ether oxygens (including phenoxy) is 2. The van der Waals surface area contributed by atoms with E-state index in [9.17, 15) is 17.2 Å². The van der Waals surface area contributed by atoms with Gasteiger partial charge < -0.3 is 14.4 Å². The van der Waals surface area contributed by atoms with E-state index in [1.807, 2.05) is 0 Å². The van der Waals surface area contributed by atoms with Crippen LogP contribution >= 0.6 is 11.6 Å². The van der Waals surface area contributed by atoms with Gasteiger partial charge in [-0.2, -0.15) is 0 Å². The number of benzene rings is 1. The Kier molecular flexibility index (Phi) is 6.94. The van der Waals surface area contributed by atoms with Crippen LogP contribution in [0, 0.1) is 23.5 Å². The third-order valence-corrected chi connectivity index (χ3v) is 7.13. The Morgan fingerprint density at radius 3 is 2.16 bits per heavy atom. The second kappa shape index (κ2) is 9.54. The highest BCUT2D eigenvalue weighted by molar-refractivity contribution is 7.90. The Morgan fingerprint density at radius 1 is 1.06 bits per heavy atom. The van der Waals surface area contributed by atoms with Gasteiger partial charge in [0.1, 0.15) is 16.5 Å². The predicted octanol–water partition coefficient (Wildman–Crippen LogP) is 3.78. The summed E-state index contributed by atoms with van der Waals surface area (Å²) in [7, 11) is -4.01. The second-order valence-electron chi connectivity index (χ2n) is 8.32. The van der Waals surface area contributed by atoms with E-state index in [-0.39, 0.29) is 11.5 Å². The summed E-state index contributed by atoms with van der Waals surface area (Å²) in [6.07, 6.45) is 5.94. The molecule has 0 saturated carbocycles. The highest BCUT2D eigenvalue weighted by atomic mass is 35.5. The van der Waals surface area contributed by atoms with Crippen molar-refractivity contribution in [3.63, 3.8) is 0 Å². The molecule has 0 aliphatic carbocycles. The van der Waals surface area contributed by atoms with Gasteiger partial charge in [-0.1, -0.05) is 11.6 Å². The molecule has 0 amide bonds. The molecular weight excluding hydrogens is 464 g/mol. The zero-order valence-corrected chi connectivity index (χ0v) is 19.1. The average molecular weight is 488 g/mol. The molecule has 2 fully saturated rings. The maximum absolute atomic E-state index is 14.2. The molecule has 0 N–H and O–H groups in total. The number of aromatic nitrogens is 2. The summed E-state index contributed by atoms with van der Waals surface area (Å²) in [6.45, 7) is 2.52. The Labute approximate surface area is 190 Å². The molecule has 2 aliphatic heterocycles. The molecule has 32 heavy (non-hydrogen) atoms. The number of anilines is 1. The molecule has 0 atom stereocenters. The summed E-state index contributed by atoms with van der Waals surface area (Å²) < 4.78 is 62.9. The van der Waals surface area contributed by atoms with Crippen LogP contribution in [0.3, 0.4) is 0 Å². The number of halogens is 3. The third-order valence-electron chi connectivity index (χ3n) is 5.80. The zero-order valence-electron chi connectivity index (χ0n) is 17.5. The van der Waals surface area contributed by atoms with E-state index in [0.717, 1.165) is 50.7 Å². The number of hydrogen-bond acceptors (Lipinski definition) is 7. The molecule has 2 aromatic rings. The van der Waals surface area contributed by atoms with Crippen molar-refractivity contribution in [3.8, 4) is 0 Å². The van der Waals surface area contributed by atoms with Gasteiger partial charge in [0.25, 0.3) is 0 Å². The molecule has 0 unspecified atom stereocenters. The van der Waals surface area contributed by atoms with Gasteiger partial charge in [-0.3, -0.25) is 0 Å². The molecule has 4 rings (SSSR count). The molecule has 3 heterocycles. The van der Waals surface area contributed by atoms with E-state index in [4.69, 9.17) is 21.1 Å². The predicted molar refractivity (Wildman–Crippen MR) is 114 cm³/mol. The fourth-order valence-electron chi connectivity index (χ4n) is 4.25. The van der Waals surface area contributed by atoms with Gasteiger partial charge in [0, 0.05) is 30.8 Å². The Hall–Kier alpha value is -1.88. The van der Waals surface area contributed by atoms with Crippen molar-refractivity contribution in [2.75, 3.05) is 37.5 Å². The summed E-state index contributed by atoms with van der Waals surface area (Å²) >= 11 is 5.84. The zero-order chi connectivity index (χ0) is 22.9. The van der Waals surface area contributed by atoms with Crippen molar-refractivity contribution < 1.29 is 26.7 Å². The van der Waals surface area contributed by atoms with E-state index in [0.29, 0.717) is 30.1 Å². The first-order valence-electron chi connectivity index (χ1n) is 10.4.